The van der Waals surface area contributed by atoms with Crippen molar-refractivity contribution in [3.63, 3.8) is 0 Å². The van der Waals surface area contributed by atoms with E-state index in [0.29, 0.717) is 19.6 Å². The van der Waals surface area contributed by atoms with Gasteiger partial charge in [-0.2, -0.15) is 0 Å². The quantitative estimate of drug-likeness (QED) is 0.479. The summed E-state index contributed by atoms with van der Waals surface area (Å²) in [5.41, 5.74) is -0.513. The van der Waals surface area contributed by atoms with Crippen molar-refractivity contribution in [2.75, 3.05) is 26.0 Å². The van der Waals surface area contributed by atoms with Gasteiger partial charge in [0.15, 0.2) is 0 Å². The second kappa shape index (κ2) is 7.93. The molecule has 0 aliphatic heterocycles. The van der Waals surface area contributed by atoms with E-state index in [1.54, 1.807) is 13.8 Å². The van der Waals surface area contributed by atoms with Gasteiger partial charge in [0.05, 0.1) is 24.8 Å². The highest BCUT2D eigenvalue weighted by atomic mass is 31.2. The first-order chi connectivity index (χ1) is 8.31. The van der Waals surface area contributed by atoms with Gasteiger partial charge in [0.2, 0.25) is 0 Å². The lowest BCUT2D eigenvalue weighted by Gasteiger charge is -2.21. The van der Waals surface area contributed by atoms with E-state index in [1.165, 1.54) is 0 Å². The Balaban J connectivity index is 4.23. The molecule has 5 nitrogen and oxygen atoms in total. The van der Waals surface area contributed by atoms with Crippen LogP contribution in [-0.2, 0) is 23.1 Å². The minimum absolute atomic E-state index is 0.0551. The number of esters is 1. The van der Waals surface area contributed by atoms with Gasteiger partial charge in [0, 0.05) is 0 Å². The van der Waals surface area contributed by atoms with Crippen LogP contribution in [0.15, 0.2) is 0 Å². The molecule has 0 aromatic rings. The van der Waals surface area contributed by atoms with Gasteiger partial charge in [-0.3, -0.25) is 9.36 Å². The topological polar surface area (TPSA) is 61.8 Å². The fourth-order valence-corrected chi connectivity index (χ4v) is 2.58. The van der Waals surface area contributed by atoms with Crippen LogP contribution >= 0.6 is 7.60 Å². The van der Waals surface area contributed by atoms with Gasteiger partial charge < -0.3 is 13.8 Å². The van der Waals surface area contributed by atoms with E-state index in [9.17, 15) is 9.36 Å². The predicted molar refractivity (Wildman–Crippen MR) is 70.8 cm³/mol. The minimum Gasteiger partial charge on any atom is -0.465 e. The van der Waals surface area contributed by atoms with Gasteiger partial charge in [-0.1, -0.05) is 6.92 Å². The highest BCUT2D eigenvalue weighted by Crippen LogP contribution is 2.47. The first kappa shape index (κ1) is 17.6. The standard InChI is InChI=1S/C12H25O5P/c1-6-12(4,5)11(13)15-9-10-18(14,16-7-2)17-8-3/h6-10H2,1-5H3. The van der Waals surface area contributed by atoms with Gasteiger partial charge in [0.1, 0.15) is 6.61 Å². The summed E-state index contributed by atoms with van der Waals surface area (Å²) in [4.78, 5) is 11.7. The molecule has 0 aromatic carbocycles. The molecule has 0 rings (SSSR count). The van der Waals surface area contributed by atoms with Crippen LogP contribution in [0.3, 0.4) is 0 Å². The maximum Gasteiger partial charge on any atom is 0.334 e. The fourth-order valence-electron chi connectivity index (χ4n) is 1.15. The molecule has 0 heterocycles. The predicted octanol–water partition coefficient (Wildman–Crippen LogP) is 3.23. The molecule has 0 N–H and O–H groups in total. The molecule has 108 valence electrons. The zero-order valence-corrected chi connectivity index (χ0v) is 12.9. The van der Waals surface area contributed by atoms with Crippen molar-refractivity contribution in [2.45, 2.75) is 41.0 Å². The van der Waals surface area contributed by atoms with Crippen LogP contribution in [0.25, 0.3) is 0 Å². The molecule has 0 aliphatic rings. The van der Waals surface area contributed by atoms with Crippen LogP contribution in [0.5, 0.6) is 0 Å². The van der Waals surface area contributed by atoms with E-state index < -0.39 is 13.0 Å². The molecule has 0 saturated carbocycles. The van der Waals surface area contributed by atoms with Crippen LogP contribution in [0.2, 0.25) is 0 Å². The van der Waals surface area contributed by atoms with Crippen molar-refractivity contribution in [2.24, 2.45) is 5.41 Å². The summed E-state index contributed by atoms with van der Waals surface area (Å²) in [6, 6.07) is 0. The third kappa shape index (κ3) is 5.98. The van der Waals surface area contributed by atoms with Crippen molar-refractivity contribution in [3.8, 4) is 0 Å². The van der Waals surface area contributed by atoms with E-state index in [1.807, 2.05) is 20.8 Å². The van der Waals surface area contributed by atoms with Crippen molar-refractivity contribution in [3.05, 3.63) is 0 Å². The normalized spacial score (nSPS) is 12.5. The number of hydrogen-bond donors (Lipinski definition) is 0. The Bertz CT molecular complexity index is 291. The van der Waals surface area contributed by atoms with E-state index >= 15 is 0 Å². The molecule has 18 heavy (non-hydrogen) atoms. The highest BCUT2D eigenvalue weighted by molar-refractivity contribution is 7.53. The molecule has 6 heteroatoms. The number of carbonyl (C=O) groups is 1. The summed E-state index contributed by atoms with van der Waals surface area (Å²) in [5.74, 6) is -0.287. The molecular weight excluding hydrogens is 255 g/mol. The number of rotatable bonds is 9. The summed E-state index contributed by atoms with van der Waals surface area (Å²) in [6.07, 6.45) is 0.792. The summed E-state index contributed by atoms with van der Waals surface area (Å²) in [5, 5.41) is 0. The van der Waals surface area contributed by atoms with Crippen molar-refractivity contribution in [1.29, 1.82) is 0 Å². The number of hydrogen-bond acceptors (Lipinski definition) is 5. The molecule has 0 aliphatic carbocycles. The second-order valence-corrected chi connectivity index (χ2v) is 6.73. The molecule has 0 aromatic heterocycles. The summed E-state index contributed by atoms with van der Waals surface area (Å²) < 4.78 is 27.4. The molecule has 0 bridgehead atoms. The average Bonchev–Trinajstić information content (AvgIpc) is 2.29. The zero-order valence-electron chi connectivity index (χ0n) is 12.0. The summed E-state index contributed by atoms with van der Waals surface area (Å²) >= 11 is 0. The molecule has 0 radical (unpaired) electrons. The van der Waals surface area contributed by atoms with Crippen LogP contribution in [0.1, 0.15) is 41.0 Å². The first-order valence-corrected chi connectivity index (χ1v) is 8.09. The van der Waals surface area contributed by atoms with E-state index in [0.717, 1.165) is 0 Å². The van der Waals surface area contributed by atoms with E-state index in [4.69, 9.17) is 13.8 Å². The van der Waals surface area contributed by atoms with E-state index in [2.05, 4.69) is 0 Å². The molecular formula is C12H25O5P. The fraction of sp³-hybridized carbons (Fsp3) is 0.917. The number of carbonyl (C=O) groups excluding carboxylic acids is 1. The molecule has 0 amide bonds. The van der Waals surface area contributed by atoms with Crippen LogP contribution in [0.4, 0.5) is 0 Å². The Morgan fingerprint density at radius 1 is 1.11 bits per heavy atom. The lowest BCUT2D eigenvalue weighted by molar-refractivity contribution is -0.153. The molecule has 0 spiro atoms. The largest absolute Gasteiger partial charge is 0.465 e. The maximum atomic E-state index is 12.1. The van der Waals surface area contributed by atoms with Gasteiger partial charge in [-0.05, 0) is 34.1 Å². The maximum absolute atomic E-state index is 12.1. The first-order valence-electron chi connectivity index (χ1n) is 6.36. The van der Waals surface area contributed by atoms with E-state index in [-0.39, 0.29) is 18.7 Å². The molecule has 0 saturated heterocycles. The third-order valence-electron chi connectivity index (χ3n) is 2.69. The lowest BCUT2D eigenvalue weighted by Crippen LogP contribution is -2.26. The van der Waals surface area contributed by atoms with Gasteiger partial charge in [-0.25, -0.2) is 0 Å². The monoisotopic (exact) mass is 280 g/mol. The molecule has 0 fully saturated rings. The van der Waals surface area contributed by atoms with Crippen molar-refractivity contribution in [1.82, 2.24) is 0 Å². The van der Waals surface area contributed by atoms with Crippen LogP contribution < -0.4 is 0 Å². The van der Waals surface area contributed by atoms with Crippen LogP contribution in [0, 0.1) is 5.41 Å². The summed E-state index contributed by atoms with van der Waals surface area (Å²) in [6.45, 7) is 9.74. The second-order valence-electron chi connectivity index (χ2n) is 4.54. The van der Waals surface area contributed by atoms with Crippen molar-refractivity contribution >= 4 is 13.6 Å². The van der Waals surface area contributed by atoms with Gasteiger partial charge in [-0.15, -0.1) is 0 Å². The lowest BCUT2D eigenvalue weighted by atomic mass is 9.91. The minimum atomic E-state index is -3.11. The zero-order chi connectivity index (χ0) is 14.2. The average molecular weight is 280 g/mol. The Morgan fingerprint density at radius 3 is 2.00 bits per heavy atom. The van der Waals surface area contributed by atoms with Crippen LogP contribution in [-0.4, -0.2) is 32.0 Å². The Kier molecular flexibility index (Phi) is 7.76. The number of ether oxygens (including phenoxy) is 1. The summed E-state index contributed by atoms with van der Waals surface area (Å²) in [7, 11) is -3.11. The van der Waals surface area contributed by atoms with Gasteiger partial charge >= 0.3 is 13.6 Å². The Morgan fingerprint density at radius 2 is 1.61 bits per heavy atom. The SMILES string of the molecule is CCOP(=O)(CCOC(=O)C(C)(C)CC)OCC. The van der Waals surface area contributed by atoms with Gasteiger partial charge in [0.25, 0.3) is 0 Å². The van der Waals surface area contributed by atoms with Crippen molar-refractivity contribution < 1.29 is 23.1 Å². The third-order valence-corrected chi connectivity index (χ3v) is 4.72. The highest BCUT2D eigenvalue weighted by Gasteiger charge is 2.29. The Hall–Kier alpha value is -0.380. The smallest absolute Gasteiger partial charge is 0.334 e. The molecule has 0 atom stereocenters. The Labute approximate surface area is 110 Å². The molecule has 0 unspecified atom stereocenters.